The van der Waals surface area contributed by atoms with Gasteiger partial charge in [-0.15, -0.1) is 0 Å². The maximum absolute atomic E-state index is 13.2. The second-order valence-electron chi connectivity index (χ2n) is 3.36. The molecule has 2 aromatic heterocycles. The van der Waals surface area contributed by atoms with Gasteiger partial charge in [0.2, 0.25) is 0 Å². The third kappa shape index (κ3) is 1.58. The van der Waals surface area contributed by atoms with Gasteiger partial charge in [-0.1, -0.05) is 0 Å². The minimum Gasteiger partial charge on any atom is -0.465 e. The van der Waals surface area contributed by atoms with Crippen molar-refractivity contribution in [3.05, 3.63) is 41.5 Å². The number of hydrogen-bond donors (Lipinski definition) is 0. The molecule has 3 nitrogen and oxygen atoms in total. The van der Waals surface area contributed by atoms with Crippen LogP contribution in [-0.4, -0.2) is 17.5 Å². The molecule has 78 valence electrons. The van der Waals surface area contributed by atoms with Gasteiger partial charge in [0.05, 0.1) is 12.7 Å². The predicted molar refractivity (Wildman–Crippen MR) is 53.4 cm³/mol. The highest BCUT2D eigenvalue weighted by Gasteiger charge is 2.09. The molecule has 2 heterocycles. The van der Waals surface area contributed by atoms with Crippen LogP contribution < -0.4 is 0 Å². The molecule has 0 atom stereocenters. The van der Waals surface area contributed by atoms with Crippen molar-refractivity contribution in [3.63, 3.8) is 0 Å². The Bertz CT molecular complexity index is 492. The smallest absolute Gasteiger partial charge is 0.339 e. The number of pyridine rings is 1. The highest BCUT2D eigenvalue weighted by Crippen LogP contribution is 2.15. The van der Waals surface area contributed by atoms with Crippen LogP contribution in [0.3, 0.4) is 0 Å². The predicted octanol–water partition coefficient (Wildman–Crippen LogP) is 2.17. The summed E-state index contributed by atoms with van der Waals surface area (Å²) >= 11 is 0. The van der Waals surface area contributed by atoms with Gasteiger partial charge in [0.15, 0.2) is 0 Å². The van der Waals surface area contributed by atoms with Crippen molar-refractivity contribution in [2.24, 2.45) is 0 Å². The normalized spacial score (nSPS) is 10.6. The van der Waals surface area contributed by atoms with Crippen LogP contribution in [0.4, 0.5) is 4.39 Å². The van der Waals surface area contributed by atoms with E-state index in [1.165, 1.54) is 13.3 Å². The summed E-state index contributed by atoms with van der Waals surface area (Å²) in [5, 5.41) is 0. The van der Waals surface area contributed by atoms with Gasteiger partial charge < -0.3 is 9.14 Å². The molecule has 0 unspecified atom stereocenters. The number of hydrogen-bond acceptors (Lipinski definition) is 2. The van der Waals surface area contributed by atoms with Crippen LogP contribution in [0.15, 0.2) is 24.5 Å². The molecule has 0 aliphatic heterocycles. The Morgan fingerprint density at radius 1 is 1.40 bits per heavy atom. The van der Waals surface area contributed by atoms with Crippen LogP contribution in [0.2, 0.25) is 0 Å². The van der Waals surface area contributed by atoms with E-state index in [1.54, 1.807) is 29.7 Å². The van der Waals surface area contributed by atoms with Crippen LogP contribution in [0.1, 0.15) is 15.9 Å². The Balaban J connectivity index is 2.61. The van der Waals surface area contributed by atoms with Crippen LogP contribution in [0, 0.1) is 12.7 Å². The first kappa shape index (κ1) is 9.71. The molecule has 0 aliphatic rings. The van der Waals surface area contributed by atoms with Gasteiger partial charge in [0.1, 0.15) is 5.82 Å². The highest BCUT2D eigenvalue weighted by molar-refractivity contribution is 5.91. The Hall–Kier alpha value is -1.84. The third-order valence-corrected chi connectivity index (χ3v) is 2.29. The van der Waals surface area contributed by atoms with Crippen molar-refractivity contribution in [1.82, 2.24) is 4.40 Å². The van der Waals surface area contributed by atoms with E-state index >= 15 is 0 Å². The number of carbonyl (C=O) groups is 1. The Kier molecular flexibility index (Phi) is 2.19. The molecule has 0 amide bonds. The Morgan fingerprint density at radius 2 is 2.13 bits per heavy atom. The summed E-state index contributed by atoms with van der Waals surface area (Å²) in [6, 6.07) is 3.35. The summed E-state index contributed by atoms with van der Waals surface area (Å²) in [5.74, 6) is -0.716. The monoisotopic (exact) mass is 207 g/mol. The Morgan fingerprint density at radius 3 is 2.80 bits per heavy atom. The number of ether oxygens (including phenoxy) is 1. The zero-order valence-electron chi connectivity index (χ0n) is 8.45. The van der Waals surface area contributed by atoms with Crippen molar-refractivity contribution in [3.8, 4) is 0 Å². The molecule has 4 heteroatoms. The number of rotatable bonds is 1. The fraction of sp³-hybridized carbons (Fsp3) is 0.182. The first-order valence-electron chi connectivity index (χ1n) is 4.48. The summed E-state index contributed by atoms with van der Waals surface area (Å²) < 4.78 is 19.3. The molecule has 2 aromatic rings. The summed E-state index contributed by atoms with van der Waals surface area (Å²) in [6.45, 7) is 1.68. The number of methoxy groups -OCH3 is 1. The molecule has 0 N–H and O–H groups in total. The molecule has 0 saturated carbocycles. The minimum atomic E-state index is -0.420. The Labute approximate surface area is 86.1 Å². The first-order chi connectivity index (χ1) is 7.11. The number of carbonyl (C=O) groups excluding carboxylic acids is 1. The lowest BCUT2D eigenvalue weighted by Gasteiger charge is -1.97. The van der Waals surface area contributed by atoms with Crippen molar-refractivity contribution >= 4 is 11.5 Å². The first-order valence-corrected chi connectivity index (χ1v) is 4.48. The quantitative estimate of drug-likeness (QED) is 0.671. The lowest BCUT2D eigenvalue weighted by molar-refractivity contribution is 0.0601. The van der Waals surface area contributed by atoms with E-state index in [9.17, 15) is 9.18 Å². The topological polar surface area (TPSA) is 30.7 Å². The molecule has 0 fully saturated rings. The molecule has 0 aromatic carbocycles. The fourth-order valence-electron chi connectivity index (χ4n) is 1.47. The standard InChI is InChI=1S/C11H10FNO2/c1-7-3-9-4-8(11(14)15-2)5-13(9)6-10(7)12/h3-6H,1-2H3. The summed E-state index contributed by atoms with van der Waals surface area (Å²) in [5.41, 5.74) is 1.74. The van der Waals surface area contributed by atoms with Crippen LogP contribution in [0.5, 0.6) is 0 Å². The van der Waals surface area contributed by atoms with Crippen LogP contribution in [0.25, 0.3) is 5.52 Å². The summed E-state index contributed by atoms with van der Waals surface area (Å²) in [6.07, 6.45) is 2.89. The molecule has 0 aliphatic carbocycles. The van der Waals surface area contributed by atoms with Gasteiger partial charge in [0.25, 0.3) is 0 Å². The largest absolute Gasteiger partial charge is 0.465 e. The molecule has 0 saturated heterocycles. The SMILES string of the molecule is COC(=O)c1cc2cc(C)c(F)cn2c1. The number of aryl methyl sites for hydroxylation is 1. The molecule has 0 bridgehead atoms. The van der Waals surface area contributed by atoms with Gasteiger partial charge in [-0.3, -0.25) is 0 Å². The van der Waals surface area contributed by atoms with E-state index in [-0.39, 0.29) is 5.82 Å². The number of esters is 1. The van der Waals surface area contributed by atoms with Crippen molar-refractivity contribution in [2.75, 3.05) is 7.11 Å². The van der Waals surface area contributed by atoms with Gasteiger partial charge in [-0.05, 0) is 24.6 Å². The molecule has 2 rings (SSSR count). The maximum Gasteiger partial charge on any atom is 0.339 e. The minimum absolute atomic E-state index is 0.297. The number of nitrogens with zero attached hydrogens (tertiary/aromatic N) is 1. The van der Waals surface area contributed by atoms with Gasteiger partial charge >= 0.3 is 5.97 Å². The number of halogens is 1. The maximum atomic E-state index is 13.2. The lowest BCUT2D eigenvalue weighted by Crippen LogP contribution is -1.98. The zero-order valence-corrected chi connectivity index (χ0v) is 8.45. The number of aromatic nitrogens is 1. The van der Waals surface area contributed by atoms with E-state index in [4.69, 9.17) is 0 Å². The van der Waals surface area contributed by atoms with E-state index < -0.39 is 5.97 Å². The highest BCUT2D eigenvalue weighted by atomic mass is 19.1. The van der Waals surface area contributed by atoms with Gasteiger partial charge in [0, 0.05) is 17.9 Å². The second kappa shape index (κ2) is 3.38. The average Bonchev–Trinajstić information content (AvgIpc) is 2.60. The molecule has 0 spiro atoms. The van der Waals surface area contributed by atoms with Crippen molar-refractivity contribution in [2.45, 2.75) is 6.92 Å². The van der Waals surface area contributed by atoms with E-state index in [1.807, 2.05) is 0 Å². The summed E-state index contributed by atoms with van der Waals surface area (Å²) in [7, 11) is 1.32. The van der Waals surface area contributed by atoms with E-state index in [0.717, 1.165) is 5.52 Å². The average molecular weight is 207 g/mol. The zero-order chi connectivity index (χ0) is 11.0. The van der Waals surface area contributed by atoms with Crippen molar-refractivity contribution in [1.29, 1.82) is 0 Å². The second-order valence-corrected chi connectivity index (χ2v) is 3.36. The van der Waals surface area contributed by atoms with Crippen LogP contribution >= 0.6 is 0 Å². The summed E-state index contributed by atoms with van der Waals surface area (Å²) in [4.78, 5) is 11.2. The molecular formula is C11H10FNO2. The fourth-order valence-corrected chi connectivity index (χ4v) is 1.47. The number of fused-ring (bicyclic) bond motifs is 1. The molecule has 0 radical (unpaired) electrons. The van der Waals surface area contributed by atoms with Crippen molar-refractivity contribution < 1.29 is 13.9 Å². The molecule has 15 heavy (non-hydrogen) atoms. The van der Waals surface area contributed by atoms with E-state index in [0.29, 0.717) is 11.1 Å². The molecular weight excluding hydrogens is 197 g/mol. The van der Waals surface area contributed by atoms with Crippen LogP contribution in [-0.2, 0) is 4.74 Å². The van der Waals surface area contributed by atoms with Gasteiger partial charge in [-0.2, -0.15) is 0 Å². The van der Waals surface area contributed by atoms with Gasteiger partial charge in [-0.25, -0.2) is 9.18 Å². The third-order valence-electron chi connectivity index (χ3n) is 2.29. The lowest BCUT2D eigenvalue weighted by atomic mass is 10.2. The van der Waals surface area contributed by atoms with E-state index in [2.05, 4.69) is 4.74 Å².